The van der Waals surface area contributed by atoms with Crippen LogP contribution in [0.2, 0.25) is 0 Å². The Morgan fingerprint density at radius 2 is 2.16 bits per heavy atom. The first-order valence-electron chi connectivity index (χ1n) is 5.99. The van der Waals surface area contributed by atoms with Gasteiger partial charge in [-0.05, 0) is 19.1 Å². The maximum atomic E-state index is 12.3. The number of H-pyrrole nitrogens is 1. The molecule has 7 heteroatoms. The molecule has 0 fully saturated rings. The average Bonchev–Trinajstić information content (AvgIpc) is 2.98. The zero-order chi connectivity index (χ0) is 14.0. The smallest absolute Gasteiger partial charge is 0.260 e. The van der Waals surface area contributed by atoms with Crippen LogP contribution < -0.4 is 0 Å². The molecule has 1 N–H and O–H groups in total. The molecule has 2 heterocycles. The van der Waals surface area contributed by atoms with Crippen LogP contribution in [0.3, 0.4) is 0 Å². The Labute approximate surface area is 112 Å². The predicted molar refractivity (Wildman–Crippen MR) is 70.1 cm³/mol. The van der Waals surface area contributed by atoms with Crippen LogP contribution in [0.4, 0.5) is 0 Å². The molecule has 0 saturated carbocycles. The fourth-order valence-electron chi connectivity index (χ4n) is 1.70. The van der Waals surface area contributed by atoms with E-state index in [0.717, 1.165) is 5.76 Å². The molecular formula is C12H17N3O3S. The van der Waals surface area contributed by atoms with Gasteiger partial charge in [0.15, 0.2) is 5.03 Å². The number of furan rings is 1. The molecular weight excluding hydrogens is 266 g/mol. The van der Waals surface area contributed by atoms with Crippen molar-refractivity contribution in [3.8, 4) is 0 Å². The molecule has 2 aromatic rings. The number of nitrogens with zero attached hydrogens (tertiary/aromatic N) is 2. The number of aromatic amines is 1. The molecule has 0 unspecified atom stereocenters. The summed E-state index contributed by atoms with van der Waals surface area (Å²) in [6, 6.07) is 3.58. The van der Waals surface area contributed by atoms with E-state index < -0.39 is 10.0 Å². The third-order valence-electron chi connectivity index (χ3n) is 2.80. The molecule has 2 aromatic heterocycles. The summed E-state index contributed by atoms with van der Waals surface area (Å²) in [5.41, 5.74) is 0. The molecule has 0 saturated heterocycles. The lowest BCUT2D eigenvalue weighted by Crippen LogP contribution is -2.26. The molecule has 0 spiro atoms. The van der Waals surface area contributed by atoms with Crippen LogP contribution in [0.1, 0.15) is 24.3 Å². The van der Waals surface area contributed by atoms with E-state index in [9.17, 15) is 8.42 Å². The van der Waals surface area contributed by atoms with E-state index in [1.807, 2.05) is 13.8 Å². The minimum Gasteiger partial charge on any atom is -0.465 e. The Morgan fingerprint density at radius 3 is 2.68 bits per heavy atom. The molecule has 0 amide bonds. The molecule has 0 bridgehead atoms. The number of hydrogen-bond acceptors (Lipinski definition) is 4. The van der Waals surface area contributed by atoms with Crippen LogP contribution in [-0.4, -0.2) is 29.7 Å². The summed E-state index contributed by atoms with van der Waals surface area (Å²) in [7, 11) is -2.05. The molecule has 104 valence electrons. The Balaban J connectivity index is 2.19. The van der Waals surface area contributed by atoms with Crippen LogP contribution >= 0.6 is 0 Å². The van der Waals surface area contributed by atoms with Gasteiger partial charge >= 0.3 is 0 Å². The van der Waals surface area contributed by atoms with E-state index >= 15 is 0 Å². The molecule has 0 radical (unpaired) electrons. The Kier molecular flexibility index (Phi) is 3.77. The minimum absolute atomic E-state index is 0.107. The van der Waals surface area contributed by atoms with Crippen molar-refractivity contribution < 1.29 is 12.8 Å². The van der Waals surface area contributed by atoms with Crippen LogP contribution in [0.25, 0.3) is 0 Å². The normalized spacial score (nSPS) is 12.2. The van der Waals surface area contributed by atoms with Crippen molar-refractivity contribution in [1.29, 1.82) is 0 Å². The fourth-order valence-corrected chi connectivity index (χ4v) is 2.76. The van der Waals surface area contributed by atoms with E-state index in [0.29, 0.717) is 18.0 Å². The topological polar surface area (TPSA) is 79.2 Å². The Morgan fingerprint density at radius 1 is 1.42 bits per heavy atom. The second-order valence-corrected chi connectivity index (χ2v) is 6.33. The molecule has 0 aliphatic rings. The largest absolute Gasteiger partial charge is 0.465 e. The molecule has 6 nitrogen and oxygen atoms in total. The summed E-state index contributed by atoms with van der Waals surface area (Å²) in [6.45, 7) is 3.92. The van der Waals surface area contributed by atoms with E-state index in [-0.39, 0.29) is 11.6 Å². The predicted octanol–water partition coefficient (Wildman–Crippen LogP) is 1.69. The minimum atomic E-state index is -3.56. The molecule has 2 rings (SSSR count). The number of aryl methyl sites for hydroxylation is 2. The first-order valence-corrected chi connectivity index (χ1v) is 7.43. The number of nitrogens with one attached hydrogen (secondary N) is 1. The van der Waals surface area contributed by atoms with Gasteiger partial charge < -0.3 is 9.40 Å². The Bertz CT molecular complexity index is 657. The zero-order valence-corrected chi connectivity index (χ0v) is 12.0. The highest BCUT2D eigenvalue weighted by Crippen LogP contribution is 2.16. The van der Waals surface area contributed by atoms with Gasteiger partial charge in [-0.3, -0.25) is 0 Å². The Hall–Kier alpha value is -1.60. The summed E-state index contributed by atoms with van der Waals surface area (Å²) in [6.07, 6.45) is 2.01. The highest BCUT2D eigenvalue weighted by Gasteiger charge is 2.24. The summed E-state index contributed by atoms with van der Waals surface area (Å²) in [4.78, 5) is 6.81. The van der Waals surface area contributed by atoms with Crippen molar-refractivity contribution in [3.05, 3.63) is 35.7 Å². The molecule has 0 aliphatic heterocycles. The summed E-state index contributed by atoms with van der Waals surface area (Å²) in [5, 5.41) is 0.107. The van der Waals surface area contributed by atoms with E-state index in [1.165, 1.54) is 17.5 Å². The summed E-state index contributed by atoms with van der Waals surface area (Å²) in [5.74, 6) is 2.02. The number of sulfonamides is 1. The van der Waals surface area contributed by atoms with Crippen LogP contribution in [0, 0.1) is 6.92 Å². The average molecular weight is 283 g/mol. The third-order valence-corrected chi connectivity index (χ3v) is 4.52. The van der Waals surface area contributed by atoms with Gasteiger partial charge in [0.1, 0.15) is 17.3 Å². The van der Waals surface area contributed by atoms with Crippen LogP contribution in [0.15, 0.2) is 27.8 Å². The summed E-state index contributed by atoms with van der Waals surface area (Å²) >= 11 is 0. The molecule has 0 aromatic carbocycles. The zero-order valence-electron chi connectivity index (χ0n) is 11.2. The van der Waals surface area contributed by atoms with Gasteiger partial charge in [-0.1, -0.05) is 6.92 Å². The van der Waals surface area contributed by atoms with Gasteiger partial charge in [-0.15, -0.1) is 0 Å². The molecule has 19 heavy (non-hydrogen) atoms. The number of rotatable bonds is 5. The maximum absolute atomic E-state index is 12.3. The number of aromatic nitrogens is 2. The molecule has 0 aliphatic carbocycles. The lowest BCUT2D eigenvalue weighted by molar-refractivity contribution is 0.396. The first kappa shape index (κ1) is 13.8. The van der Waals surface area contributed by atoms with Gasteiger partial charge in [0.25, 0.3) is 10.0 Å². The lowest BCUT2D eigenvalue weighted by Gasteiger charge is -2.14. The molecule has 0 atom stereocenters. The van der Waals surface area contributed by atoms with Gasteiger partial charge in [-0.2, -0.15) is 4.31 Å². The third kappa shape index (κ3) is 2.87. The van der Waals surface area contributed by atoms with E-state index in [2.05, 4.69) is 9.97 Å². The number of imidazole rings is 1. The van der Waals surface area contributed by atoms with Gasteiger partial charge in [0, 0.05) is 13.5 Å². The van der Waals surface area contributed by atoms with Crippen molar-refractivity contribution in [2.45, 2.75) is 31.8 Å². The van der Waals surface area contributed by atoms with E-state index in [1.54, 1.807) is 12.1 Å². The summed E-state index contributed by atoms with van der Waals surface area (Å²) < 4.78 is 31.2. The van der Waals surface area contributed by atoms with Crippen molar-refractivity contribution >= 4 is 10.0 Å². The first-order chi connectivity index (χ1) is 8.93. The maximum Gasteiger partial charge on any atom is 0.260 e. The standard InChI is InChI=1S/C12H17N3O3S/c1-4-11-13-7-12(14-11)19(16,17)15(3)8-10-6-5-9(2)18-10/h5-7H,4,8H2,1-3H3,(H,13,14). The fraction of sp³-hybridized carbons (Fsp3) is 0.417. The lowest BCUT2D eigenvalue weighted by atomic mass is 10.4. The van der Waals surface area contributed by atoms with Gasteiger partial charge in [0.05, 0.1) is 12.7 Å². The quantitative estimate of drug-likeness (QED) is 0.905. The van der Waals surface area contributed by atoms with E-state index in [4.69, 9.17) is 4.42 Å². The van der Waals surface area contributed by atoms with Crippen molar-refractivity contribution in [2.24, 2.45) is 0 Å². The SMILES string of the molecule is CCc1ncc(S(=O)(=O)N(C)Cc2ccc(C)o2)[nH]1. The highest BCUT2D eigenvalue weighted by atomic mass is 32.2. The van der Waals surface area contributed by atoms with Crippen molar-refractivity contribution in [2.75, 3.05) is 7.05 Å². The van der Waals surface area contributed by atoms with Gasteiger partial charge in [-0.25, -0.2) is 13.4 Å². The second-order valence-electron chi connectivity index (χ2n) is 4.32. The second kappa shape index (κ2) is 5.18. The van der Waals surface area contributed by atoms with Crippen LogP contribution in [0.5, 0.6) is 0 Å². The monoisotopic (exact) mass is 283 g/mol. The highest BCUT2D eigenvalue weighted by molar-refractivity contribution is 7.89. The van der Waals surface area contributed by atoms with Crippen molar-refractivity contribution in [1.82, 2.24) is 14.3 Å². The van der Waals surface area contributed by atoms with Crippen LogP contribution in [-0.2, 0) is 23.0 Å². The number of hydrogen-bond donors (Lipinski definition) is 1. The van der Waals surface area contributed by atoms with Gasteiger partial charge in [0.2, 0.25) is 0 Å². The van der Waals surface area contributed by atoms with Crippen molar-refractivity contribution in [3.63, 3.8) is 0 Å².